The quantitative estimate of drug-likeness (QED) is 0.483. The topological polar surface area (TPSA) is 48.0 Å². The van der Waals surface area contributed by atoms with Gasteiger partial charge in [0.05, 0.1) is 11.1 Å². The molecule has 0 atom stereocenters. The third-order valence-corrected chi connectivity index (χ3v) is 4.72. The van der Waals surface area contributed by atoms with E-state index in [-0.39, 0.29) is 0 Å². The molecule has 0 radical (unpaired) electrons. The van der Waals surface area contributed by atoms with Gasteiger partial charge in [0.15, 0.2) is 5.65 Å². The largest absolute Gasteiger partial charge is 0.328 e. The van der Waals surface area contributed by atoms with Gasteiger partial charge in [0, 0.05) is 12.6 Å². The first-order valence-electron chi connectivity index (χ1n) is 8.55. The van der Waals surface area contributed by atoms with E-state index in [4.69, 9.17) is 0 Å². The lowest BCUT2D eigenvalue weighted by molar-refractivity contribution is 0.892. The normalized spacial score (nSPS) is 11.5. The van der Waals surface area contributed by atoms with E-state index in [1.807, 2.05) is 19.1 Å². The minimum absolute atomic E-state index is 0.739. The van der Waals surface area contributed by atoms with Crippen LogP contribution in [0, 0.1) is 6.92 Å². The highest BCUT2D eigenvalue weighted by Gasteiger charge is 2.22. The predicted molar refractivity (Wildman–Crippen MR) is 103 cm³/mol. The molecule has 0 unspecified atom stereocenters. The summed E-state index contributed by atoms with van der Waals surface area (Å²) in [7, 11) is 2.06. The van der Waals surface area contributed by atoms with Gasteiger partial charge in [-0.25, -0.2) is 14.5 Å². The highest BCUT2D eigenvalue weighted by Crippen LogP contribution is 2.40. The van der Waals surface area contributed by atoms with Crippen molar-refractivity contribution in [2.45, 2.75) is 6.92 Å². The molecule has 0 fully saturated rings. The second kappa shape index (κ2) is 5.52. The molecule has 0 aliphatic heterocycles. The first-order valence-corrected chi connectivity index (χ1v) is 8.55. The molecule has 0 N–H and O–H groups in total. The molecule has 3 aromatic heterocycles. The number of rotatable bonds is 2. The van der Waals surface area contributed by atoms with Crippen molar-refractivity contribution in [3.05, 3.63) is 72.8 Å². The Labute approximate surface area is 150 Å². The van der Waals surface area contributed by atoms with Crippen LogP contribution < -0.4 is 0 Å². The number of benzene rings is 2. The van der Waals surface area contributed by atoms with Crippen LogP contribution in [0.15, 0.2) is 67.0 Å². The first-order chi connectivity index (χ1) is 12.7. The third-order valence-electron chi connectivity index (χ3n) is 4.72. The number of fused-ring (bicyclic) bond motifs is 3. The third kappa shape index (κ3) is 2.07. The van der Waals surface area contributed by atoms with Gasteiger partial charge in [-0.15, -0.1) is 0 Å². The van der Waals surface area contributed by atoms with Crippen molar-refractivity contribution in [2.75, 3.05) is 0 Å². The maximum Gasteiger partial charge on any atom is 0.169 e. The summed E-state index contributed by atoms with van der Waals surface area (Å²) in [6.45, 7) is 1.90. The van der Waals surface area contributed by atoms with Crippen LogP contribution in [-0.2, 0) is 7.05 Å². The summed E-state index contributed by atoms with van der Waals surface area (Å²) < 4.78 is 3.91. The fourth-order valence-corrected chi connectivity index (χ4v) is 3.64. The summed E-state index contributed by atoms with van der Waals surface area (Å²) in [6, 6.07) is 20.8. The summed E-state index contributed by atoms with van der Waals surface area (Å²) >= 11 is 0. The van der Waals surface area contributed by atoms with E-state index in [2.05, 4.69) is 75.2 Å². The van der Waals surface area contributed by atoms with Crippen molar-refractivity contribution < 1.29 is 0 Å². The predicted octanol–water partition coefficient (Wildman–Crippen LogP) is 4.26. The van der Waals surface area contributed by atoms with E-state index < -0.39 is 0 Å². The average molecular weight is 339 g/mol. The van der Waals surface area contributed by atoms with Crippen molar-refractivity contribution in [1.29, 1.82) is 0 Å². The lowest BCUT2D eigenvalue weighted by Crippen LogP contribution is -1.95. The Kier molecular flexibility index (Phi) is 3.15. The molecule has 5 aromatic rings. The molecule has 126 valence electrons. The molecule has 26 heavy (non-hydrogen) atoms. The molecular weight excluding hydrogens is 322 g/mol. The maximum absolute atomic E-state index is 4.68. The minimum Gasteiger partial charge on any atom is -0.328 e. The second-order valence-corrected chi connectivity index (χ2v) is 6.39. The van der Waals surface area contributed by atoms with Gasteiger partial charge >= 0.3 is 0 Å². The molecule has 0 bridgehead atoms. The van der Waals surface area contributed by atoms with Crippen molar-refractivity contribution in [2.24, 2.45) is 7.05 Å². The molecule has 5 rings (SSSR count). The highest BCUT2D eigenvalue weighted by atomic mass is 15.3. The Hall–Kier alpha value is -3.47. The molecule has 0 amide bonds. The van der Waals surface area contributed by atoms with Gasteiger partial charge in [-0.1, -0.05) is 60.7 Å². The molecule has 0 saturated carbocycles. The van der Waals surface area contributed by atoms with Crippen LogP contribution in [-0.4, -0.2) is 24.1 Å². The Morgan fingerprint density at radius 2 is 1.46 bits per heavy atom. The number of aromatic nitrogens is 5. The number of hydrogen-bond donors (Lipinski definition) is 0. The van der Waals surface area contributed by atoms with Gasteiger partial charge in [-0.2, -0.15) is 5.10 Å². The van der Waals surface area contributed by atoms with Crippen LogP contribution in [0.25, 0.3) is 39.1 Å². The Morgan fingerprint density at radius 1 is 0.808 bits per heavy atom. The molecule has 3 heterocycles. The van der Waals surface area contributed by atoms with Crippen LogP contribution >= 0.6 is 0 Å². The molecule has 2 aromatic carbocycles. The lowest BCUT2D eigenvalue weighted by atomic mass is 9.99. The number of nitrogens with zero attached hydrogens (tertiary/aromatic N) is 5. The van der Waals surface area contributed by atoms with Gasteiger partial charge in [0.25, 0.3) is 0 Å². The first kappa shape index (κ1) is 14.8. The minimum atomic E-state index is 0.739. The summed E-state index contributed by atoms with van der Waals surface area (Å²) in [5.74, 6) is 0.739. The number of hydrogen-bond acceptors (Lipinski definition) is 3. The van der Waals surface area contributed by atoms with E-state index in [9.17, 15) is 0 Å². The zero-order valence-electron chi connectivity index (χ0n) is 14.6. The summed E-state index contributed by atoms with van der Waals surface area (Å²) in [5.41, 5.74) is 6.31. The molecule has 5 heteroatoms. The second-order valence-electron chi connectivity index (χ2n) is 6.39. The lowest BCUT2D eigenvalue weighted by Gasteiger charge is -2.08. The number of aryl methyl sites for hydroxylation is 2. The van der Waals surface area contributed by atoms with Crippen molar-refractivity contribution >= 4 is 16.7 Å². The van der Waals surface area contributed by atoms with Gasteiger partial charge in [0.2, 0.25) is 0 Å². The van der Waals surface area contributed by atoms with Crippen molar-refractivity contribution in [3.63, 3.8) is 0 Å². The molecule has 0 spiro atoms. The van der Waals surface area contributed by atoms with Gasteiger partial charge < -0.3 is 4.57 Å². The van der Waals surface area contributed by atoms with Gasteiger partial charge in [-0.05, 0) is 18.1 Å². The zero-order chi connectivity index (χ0) is 17.7. The zero-order valence-corrected chi connectivity index (χ0v) is 14.6. The summed E-state index contributed by atoms with van der Waals surface area (Å²) in [5, 5.41) is 5.47. The van der Waals surface area contributed by atoms with E-state index in [1.165, 1.54) is 0 Å². The van der Waals surface area contributed by atoms with E-state index in [0.29, 0.717) is 0 Å². The van der Waals surface area contributed by atoms with E-state index in [1.54, 1.807) is 10.8 Å². The monoisotopic (exact) mass is 339 g/mol. The van der Waals surface area contributed by atoms with Crippen molar-refractivity contribution in [3.8, 4) is 22.4 Å². The van der Waals surface area contributed by atoms with Gasteiger partial charge in [-0.3, -0.25) is 0 Å². The summed E-state index contributed by atoms with van der Waals surface area (Å²) in [6.07, 6.45) is 1.74. The summed E-state index contributed by atoms with van der Waals surface area (Å²) in [4.78, 5) is 9.35. The van der Waals surface area contributed by atoms with E-state index >= 15 is 0 Å². The Bertz CT molecular complexity index is 1230. The fourth-order valence-electron chi connectivity index (χ4n) is 3.64. The standard InChI is InChI=1S/C21H17N5/c1-14-23-21-18-17(15-9-5-3-6-10-15)19(16-11-7-4-8-12-16)25(2)20(18)22-13-26(21)24-14/h3-13H,1-2H3. The van der Waals surface area contributed by atoms with Crippen LogP contribution in [0.3, 0.4) is 0 Å². The van der Waals surface area contributed by atoms with Crippen LogP contribution in [0.1, 0.15) is 5.82 Å². The van der Waals surface area contributed by atoms with Crippen LogP contribution in [0.4, 0.5) is 0 Å². The molecule has 0 aliphatic rings. The average Bonchev–Trinajstić information content (AvgIpc) is 3.20. The smallest absolute Gasteiger partial charge is 0.169 e. The molecule has 5 nitrogen and oxygen atoms in total. The molecule has 0 aliphatic carbocycles. The SMILES string of the molecule is Cc1nc2c3c(-c4ccccc4)c(-c4ccccc4)n(C)c3ncn2n1. The van der Waals surface area contributed by atoms with Crippen LogP contribution in [0.5, 0.6) is 0 Å². The van der Waals surface area contributed by atoms with Crippen molar-refractivity contribution in [1.82, 2.24) is 24.1 Å². The van der Waals surface area contributed by atoms with E-state index in [0.717, 1.165) is 44.9 Å². The van der Waals surface area contributed by atoms with Gasteiger partial charge in [0.1, 0.15) is 17.8 Å². The maximum atomic E-state index is 4.68. The van der Waals surface area contributed by atoms with Crippen LogP contribution in [0.2, 0.25) is 0 Å². The fraction of sp³-hybridized carbons (Fsp3) is 0.0952. The molecule has 0 saturated heterocycles. The highest BCUT2D eigenvalue weighted by molar-refractivity contribution is 6.09. The Morgan fingerprint density at radius 3 is 2.15 bits per heavy atom. The Balaban J connectivity index is 2.01. The molecular formula is C21H17N5.